The fourth-order valence-corrected chi connectivity index (χ4v) is 7.50. The van der Waals surface area contributed by atoms with Gasteiger partial charge in [-0.05, 0) is 94.6 Å². The maximum absolute atomic E-state index is 6.41. The molecule has 0 fully saturated rings. The summed E-state index contributed by atoms with van der Waals surface area (Å²) in [4.78, 5) is 12.7. The monoisotopic (exact) mass is 697 g/mol. The van der Waals surface area contributed by atoms with Crippen LogP contribution in [-0.4, -0.2) is 10.7 Å². The second-order valence-corrected chi connectivity index (χ2v) is 13.6. The second kappa shape index (κ2) is 13.4. The summed E-state index contributed by atoms with van der Waals surface area (Å²) in [5.41, 5.74) is 14.2. The van der Waals surface area contributed by atoms with Gasteiger partial charge in [0.2, 0.25) is 5.89 Å². The van der Waals surface area contributed by atoms with E-state index in [0.29, 0.717) is 5.89 Å². The van der Waals surface area contributed by atoms with E-state index in [-0.39, 0.29) is 6.17 Å². The van der Waals surface area contributed by atoms with E-state index in [1.807, 2.05) is 36.4 Å². The first-order valence-corrected chi connectivity index (χ1v) is 18.2. The summed E-state index contributed by atoms with van der Waals surface area (Å²) < 4.78 is 6.41. The van der Waals surface area contributed by atoms with Gasteiger partial charge in [-0.15, -0.1) is 0 Å². The third-order valence-electron chi connectivity index (χ3n) is 10.1. The molecule has 0 radical (unpaired) electrons. The number of benzene rings is 7. The van der Waals surface area contributed by atoms with Crippen LogP contribution >= 0.6 is 0 Å². The van der Waals surface area contributed by atoms with Gasteiger partial charge in [-0.1, -0.05) is 121 Å². The van der Waals surface area contributed by atoms with Crippen molar-refractivity contribution < 1.29 is 4.42 Å². The van der Waals surface area contributed by atoms with E-state index in [1.165, 1.54) is 5.56 Å². The molecule has 2 atom stereocenters. The minimum atomic E-state index is -0.405. The van der Waals surface area contributed by atoms with Crippen LogP contribution in [0.15, 0.2) is 197 Å². The number of fused-ring (bicyclic) bond motifs is 2. The number of anilines is 3. The first-order valence-electron chi connectivity index (χ1n) is 18.2. The van der Waals surface area contributed by atoms with E-state index in [4.69, 9.17) is 14.4 Å². The van der Waals surface area contributed by atoms with Crippen LogP contribution in [0.1, 0.15) is 34.6 Å². The highest BCUT2D eigenvalue weighted by atomic mass is 16.3. The third kappa shape index (κ3) is 5.90. The molecule has 2 N–H and O–H groups in total. The average Bonchev–Trinajstić information content (AvgIpc) is 3.87. The largest absolute Gasteiger partial charge is 0.436 e. The fourth-order valence-electron chi connectivity index (χ4n) is 7.50. The molecule has 7 aromatic carbocycles. The molecule has 0 saturated heterocycles. The summed E-state index contributed by atoms with van der Waals surface area (Å²) in [5.74, 6) is 0.565. The molecular weight excluding hydrogens is 663 g/mol. The van der Waals surface area contributed by atoms with Crippen molar-refractivity contribution in [3.8, 4) is 22.6 Å². The molecule has 0 saturated carbocycles. The van der Waals surface area contributed by atoms with Crippen LogP contribution in [0, 0.1) is 0 Å². The topological polar surface area (TPSA) is 65.7 Å². The number of aromatic nitrogens is 1. The Hall–Kier alpha value is -7.18. The van der Waals surface area contributed by atoms with Gasteiger partial charge in [0, 0.05) is 22.5 Å². The molecule has 0 spiro atoms. The number of allylic oxidation sites excluding steroid dienone is 1. The van der Waals surface area contributed by atoms with Crippen molar-refractivity contribution in [1.82, 2.24) is 10.3 Å². The Morgan fingerprint density at radius 2 is 1.19 bits per heavy atom. The molecule has 0 amide bonds. The lowest BCUT2D eigenvalue weighted by Gasteiger charge is -2.29. The van der Waals surface area contributed by atoms with E-state index >= 15 is 0 Å². The van der Waals surface area contributed by atoms with Crippen LogP contribution in [0.3, 0.4) is 0 Å². The van der Waals surface area contributed by atoms with Gasteiger partial charge in [-0.3, -0.25) is 4.99 Å². The van der Waals surface area contributed by atoms with Crippen LogP contribution in [-0.2, 0) is 0 Å². The lowest BCUT2D eigenvalue weighted by Crippen LogP contribution is -2.26. The Labute approximate surface area is 313 Å². The summed E-state index contributed by atoms with van der Waals surface area (Å²) >= 11 is 0. The highest BCUT2D eigenvalue weighted by Crippen LogP contribution is 2.47. The number of hydrogen-bond acceptors (Lipinski definition) is 6. The smallest absolute Gasteiger partial charge is 0.227 e. The van der Waals surface area contributed by atoms with Crippen molar-refractivity contribution in [3.05, 3.63) is 210 Å². The van der Waals surface area contributed by atoms with Gasteiger partial charge in [-0.25, -0.2) is 4.98 Å². The summed E-state index contributed by atoms with van der Waals surface area (Å²) in [6.45, 7) is 0. The van der Waals surface area contributed by atoms with Crippen molar-refractivity contribution in [2.45, 2.75) is 12.3 Å². The number of para-hydroxylation sites is 5. The first-order chi connectivity index (χ1) is 26.7. The van der Waals surface area contributed by atoms with Gasteiger partial charge in [0.15, 0.2) is 5.58 Å². The zero-order valence-electron chi connectivity index (χ0n) is 29.3. The first kappa shape index (κ1) is 31.5. The predicted molar refractivity (Wildman–Crippen MR) is 220 cm³/mol. The van der Waals surface area contributed by atoms with Gasteiger partial charge >= 0.3 is 0 Å². The van der Waals surface area contributed by atoms with E-state index in [9.17, 15) is 0 Å². The van der Waals surface area contributed by atoms with E-state index in [1.54, 1.807) is 0 Å². The molecule has 2 aliphatic rings. The normalized spacial score (nSPS) is 16.3. The summed E-state index contributed by atoms with van der Waals surface area (Å²) in [5, 5.41) is 7.64. The van der Waals surface area contributed by atoms with Crippen molar-refractivity contribution in [2.75, 3.05) is 10.2 Å². The average molecular weight is 698 g/mol. The molecule has 8 aromatic rings. The summed E-state index contributed by atoms with van der Waals surface area (Å²) in [7, 11) is 0. The van der Waals surface area contributed by atoms with Gasteiger partial charge < -0.3 is 20.0 Å². The summed E-state index contributed by atoms with van der Waals surface area (Å²) in [6.07, 6.45) is 1.55. The van der Waals surface area contributed by atoms with Crippen LogP contribution < -0.4 is 15.5 Å². The van der Waals surface area contributed by atoms with E-state index in [0.717, 1.165) is 73.0 Å². The van der Waals surface area contributed by atoms with Crippen molar-refractivity contribution in [2.24, 2.45) is 4.99 Å². The third-order valence-corrected chi connectivity index (χ3v) is 10.1. The van der Waals surface area contributed by atoms with Gasteiger partial charge in [0.25, 0.3) is 0 Å². The SMILES string of the molecule is C1=C(c2ccccc2)NC(c2cc(-c3nc4ccccc4o3)cc(C3Nc4ccccc4N3c3ccccc3)c2)N=C1c1cccc(-c2ccccc2)c1. The predicted octanol–water partition coefficient (Wildman–Crippen LogP) is 11.6. The number of nitrogens with zero attached hydrogens (tertiary/aromatic N) is 3. The maximum atomic E-state index is 6.41. The maximum Gasteiger partial charge on any atom is 0.227 e. The van der Waals surface area contributed by atoms with E-state index in [2.05, 4.69) is 167 Å². The van der Waals surface area contributed by atoms with Crippen LogP contribution in [0.25, 0.3) is 39.4 Å². The molecule has 54 heavy (non-hydrogen) atoms. The zero-order valence-corrected chi connectivity index (χ0v) is 29.3. The Morgan fingerprint density at radius 1 is 0.519 bits per heavy atom. The van der Waals surface area contributed by atoms with Gasteiger partial charge in [-0.2, -0.15) is 0 Å². The van der Waals surface area contributed by atoms with Gasteiger partial charge in [0.1, 0.15) is 17.8 Å². The highest BCUT2D eigenvalue weighted by molar-refractivity contribution is 6.13. The fraction of sp³-hybridized carbons (Fsp3) is 0.0417. The minimum Gasteiger partial charge on any atom is -0.436 e. The molecule has 3 heterocycles. The van der Waals surface area contributed by atoms with Crippen molar-refractivity contribution >= 4 is 39.6 Å². The molecule has 2 aliphatic heterocycles. The minimum absolute atomic E-state index is 0.202. The molecule has 2 unspecified atom stereocenters. The quantitative estimate of drug-likeness (QED) is 0.174. The number of rotatable bonds is 7. The Balaban J connectivity index is 1.14. The Kier molecular flexibility index (Phi) is 7.84. The molecule has 1 aromatic heterocycles. The van der Waals surface area contributed by atoms with Crippen LogP contribution in [0.4, 0.5) is 17.1 Å². The molecular formula is C48H35N5O. The van der Waals surface area contributed by atoms with Gasteiger partial charge in [0.05, 0.1) is 17.1 Å². The van der Waals surface area contributed by atoms with Crippen molar-refractivity contribution in [3.63, 3.8) is 0 Å². The molecule has 10 rings (SSSR count). The van der Waals surface area contributed by atoms with Crippen molar-refractivity contribution in [1.29, 1.82) is 0 Å². The van der Waals surface area contributed by atoms with Crippen LogP contribution in [0.5, 0.6) is 0 Å². The lowest BCUT2D eigenvalue weighted by molar-refractivity contribution is 0.618. The molecule has 0 aliphatic carbocycles. The number of nitrogens with one attached hydrogen (secondary N) is 2. The Bertz CT molecular complexity index is 2650. The number of oxazole rings is 1. The molecule has 0 bridgehead atoms. The lowest BCUT2D eigenvalue weighted by atomic mass is 9.97. The van der Waals surface area contributed by atoms with Crippen LogP contribution in [0.2, 0.25) is 0 Å². The summed E-state index contributed by atoms with van der Waals surface area (Å²) in [6, 6.07) is 63.1. The Morgan fingerprint density at radius 3 is 2.00 bits per heavy atom. The number of aliphatic imine (C=N–C) groups is 1. The second-order valence-electron chi connectivity index (χ2n) is 13.6. The van der Waals surface area contributed by atoms with E-state index < -0.39 is 6.17 Å². The highest BCUT2D eigenvalue weighted by Gasteiger charge is 2.32. The molecule has 258 valence electrons. The zero-order chi connectivity index (χ0) is 35.8. The molecule has 6 nitrogen and oxygen atoms in total. The molecule has 6 heteroatoms. The number of hydrogen-bond donors (Lipinski definition) is 2. The standard InChI is InChI=1S/C48H35N5O/c1-4-15-32(16-5-1)34-19-14-20-35(27-34)43-31-42(33-17-6-2-7-18-33)49-46(50-43)36-28-37(30-38(29-36)48-52-41-24-11-13-26-45(41)54-48)47-51-40-23-10-12-25-44(40)53(47)39-21-8-3-9-22-39/h1-31,46-47,49,51H.